The van der Waals surface area contributed by atoms with Crippen LogP contribution in [0.25, 0.3) is 17.2 Å². The molecule has 0 aliphatic carbocycles. The van der Waals surface area contributed by atoms with Crippen LogP contribution in [0.2, 0.25) is 0 Å². The van der Waals surface area contributed by atoms with Crippen LogP contribution in [0.15, 0.2) is 108 Å². The van der Waals surface area contributed by atoms with Gasteiger partial charge in [-0.05, 0) is 82.8 Å². The summed E-state index contributed by atoms with van der Waals surface area (Å²) in [5.74, 6) is -0.267. The molecule has 10 heteroatoms. The van der Waals surface area contributed by atoms with Gasteiger partial charge in [0.1, 0.15) is 5.75 Å². The maximum atomic E-state index is 13.4. The van der Waals surface area contributed by atoms with Crippen molar-refractivity contribution in [2.24, 2.45) is 10.9 Å². The first-order valence-electron chi connectivity index (χ1n) is 13.7. The first kappa shape index (κ1) is 31.2. The summed E-state index contributed by atoms with van der Waals surface area (Å²) in [5, 5.41) is 17.5. The molecule has 43 heavy (non-hydrogen) atoms. The molecule has 4 rings (SSSR count). The van der Waals surface area contributed by atoms with Crippen LogP contribution in [0.3, 0.4) is 0 Å². The number of sulfonamides is 1. The van der Waals surface area contributed by atoms with Crippen LogP contribution in [0.1, 0.15) is 27.0 Å². The molecule has 0 bridgehead atoms. The van der Waals surface area contributed by atoms with E-state index in [0.29, 0.717) is 38.2 Å². The van der Waals surface area contributed by atoms with Gasteiger partial charge in [0, 0.05) is 37.8 Å². The van der Waals surface area contributed by atoms with Crippen LogP contribution in [-0.2, 0) is 27.8 Å². The molecule has 0 saturated heterocycles. The summed E-state index contributed by atoms with van der Waals surface area (Å²) in [4.78, 5) is 27.6. The van der Waals surface area contributed by atoms with Crippen LogP contribution < -0.4 is 16.2 Å². The fraction of sp³-hybridized carbons (Fsp3) is 0.152. The normalized spacial score (nSPS) is 11.4. The van der Waals surface area contributed by atoms with Gasteiger partial charge >= 0.3 is 0 Å². The number of phenolic OH excluding ortho intramolecular Hbond substituents is 1. The summed E-state index contributed by atoms with van der Waals surface area (Å²) in [5.41, 5.74) is 10.3. The highest BCUT2D eigenvalue weighted by atomic mass is 32.2. The third-order valence-electron chi connectivity index (χ3n) is 6.73. The van der Waals surface area contributed by atoms with Crippen molar-refractivity contribution < 1.29 is 23.1 Å². The number of phenols is 1. The quantitative estimate of drug-likeness (QED) is 0.182. The number of primary sulfonamides is 1. The Hall–Kier alpha value is -4.77. The van der Waals surface area contributed by atoms with Crippen molar-refractivity contribution in [3.8, 4) is 16.9 Å². The van der Waals surface area contributed by atoms with E-state index in [-0.39, 0.29) is 22.5 Å². The lowest BCUT2D eigenvalue weighted by Crippen LogP contribution is -2.31. The van der Waals surface area contributed by atoms with Gasteiger partial charge in [0.25, 0.3) is 5.91 Å². The summed E-state index contributed by atoms with van der Waals surface area (Å²) in [7, 11) is -3.80. The van der Waals surface area contributed by atoms with Crippen LogP contribution in [0, 0.1) is 0 Å². The van der Waals surface area contributed by atoms with Gasteiger partial charge in [0.2, 0.25) is 15.9 Å². The summed E-state index contributed by atoms with van der Waals surface area (Å²) >= 11 is 0. The lowest BCUT2D eigenvalue weighted by molar-refractivity contribution is -0.126. The van der Waals surface area contributed by atoms with Crippen LogP contribution in [0.4, 0.5) is 0 Å². The van der Waals surface area contributed by atoms with E-state index in [2.05, 4.69) is 5.32 Å². The summed E-state index contributed by atoms with van der Waals surface area (Å²) in [6.45, 7) is 1.43. The third-order valence-corrected chi connectivity index (χ3v) is 7.66. The van der Waals surface area contributed by atoms with Gasteiger partial charge in [-0.25, -0.2) is 13.6 Å². The van der Waals surface area contributed by atoms with Gasteiger partial charge in [-0.1, -0.05) is 54.6 Å². The molecule has 0 radical (unpaired) electrons. The zero-order valence-electron chi connectivity index (χ0n) is 23.5. The van der Waals surface area contributed by atoms with Gasteiger partial charge in [-0.3, -0.25) is 9.59 Å². The Morgan fingerprint density at radius 2 is 1.53 bits per heavy atom. The molecule has 0 spiro atoms. The fourth-order valence-corrected chi connectivity index (χ4v) is 4.95. The van der Waals surface area contributed by atoms with Crippen molar-refractivity contribution in [2.45, 2.75) is 17.9 Å². The van der Waals surface area contributed by atoms with Crippen LogP contribution >= 0.6 is 0 Å². The second-order valence-corrected chi connectivity index (χ2v) is 11.5. The number of nitrogens with zero attached hydrogens (tertiary/aromatic N) is 1. The summed E-state index contributed by atoms with van der Waals surface area (Å²) in [6.07, 6.45) is 3.67. The number of amides is 2. The Balaban J connectivity index is 1.55. The van der Waals surface area contributed by atoms with Crippen molar-refractivity contribution in [3.05, 3.63) is 125 Å². The minimum atomic E-state index is -3.80. The van der Waals surface area contributed by atoms with Crippen molar-refractivity contribution >= 4 is 27.9 Å². The number of hydrogen-bond acceptors (Lipinski definition) is 6. The topological polar surface area (TPSA) is 156 Å². The minimum absolute atomic E-state index is 0.0266. The number of carbonyl (C=O) groups is 2. The zero-order chi connectivity index (χ0) is 30.8. The smallest absolute Gasteiger partial charge is 0.251 e. The number of nitrogens with one attached hydrogen (secondary N) is 1. The Morgan fingerprint density at radius 3 is 2.21 bits per heavy atom. The van der Waals surface area contributed by atoms with E-state index in [9.17, 15) is 23.1 Å². The third kappa shape index (κ3) is 9.11. The lowest BCUT2D eigenvalue weighted by atomic mass is 10.0. The highest BCUT2D eigenvalue weighted by Gasteiger charge is 2.14. The minimum Gasteiger partial charge on any atom is -0.508 e. The highest BCUT2D eigenvalue weighted by molar-refractivity contribution is 7.89. The second kappa shape index (κ2) is 14.4. The first-order valence-corrected chi connectivity index (χ1v) is 15.2. The summed E-state index contributed by atoms with van der Waals surface area (Å²) in [6, 6.07) is 27.9. The molecule has 0 fully saturated rings. The zero-order valence-corrected chi connectivity index (χ0v) is 24.3. The van der Waals surface area contributed by atoms with Gasteiger partial charge < -0.3 is 21.1 Å². The van der Waals surface area contributed by atoms with Crippen LogP contribution in [-0.4, -0.2) is 49.9 Å². The molecule has 222 valence electrons. The summed E-state index contributed by atoms with van der Waals surface area (Å²) < 4.78 is 23.2. The van der Waals surface area contributed by atoms with Gasteiger partial charge in [0.05, 0.1) is 4.90 Å². The highest BCUT2D eigenvalue weighted by Crippen LogP contribution is 2.23. The largest absolute Gasteiger partial charge is 0.508 e. The van der Waals surface area contributed by atoms with Crippen molar-refractivity contribution in [3.63, 3.8) is 0 Å². The molecule has 4 aromatic carbocycles. The number of carbonyl (C=O) groups excluding carboxylic acids is 2. The number of nitrogens with two attached hydrogens (primary N) is 2. The van der Waals surface area contributed by atoms with E-state index in [1.807, 2.05) is 42.5 Å². The maximum Gasteiger partial charge on any atom is 0.251 e. The molecule has 0 aliphatic heterocycles. The van der Waals surface area contributed by atoms with E-state index in [0.717, 1.165) is 27.8 Å². The number of rotatable bonds is 12. The predicted molar refractivity (Wildman–Crippen MR) is 167 cm³/mol. The Kier molecular flexibility index (Phi) is 10.4. The molecule has 4 aromatic rings. The SMILES string of the molecule is NCCNC(=O)c1cccc(-c2cccc(CN(CCc3ccc(S(N)(=O)=O)cc3)C(=O)/C=C/c3ccc(O)cc3)c2)c1. The lowest BCUT2D eigenvalue weighted by Gasteiger charge is -2.22. The molecule has 2 amide bonds. The van der Waals surface area contributed by atoms with Crippen molar-refractivity contribution in [2.75, 3.05) is 19.6 Å². The van der Waals surface area contributed by atoms with Gasteiger partial charge in [-0.15, -0.1) is 0 Å². The molecule has 9 nitrogen and oxygen atoms in total. The molecule has 0 heterocycles. The Morgan fingerprint density at radius 1 is 0.860 bits per heavy atom. The van der Waals surface area contributed by atoms with E-state index < -0.39 is 10.0 Å². The molecule has 0 atom stereocenters. The average Bonchev–Trinajstić information content (AvgIpc) is 3.01. The molecule has 6 N–H and O–H groups in total. The first-order chi connectivity index (χ1) is 20.6. The predicted octanol–water partition coefficient (Wildman–Crippen LogP) is 3.68. The van der Waals surface area contributed by atoms with Gasteiger partial charge in [0.15, 0.2) is 0 Å². The number of benzene rings is 4. The van der Waals surface area contributed by atoms with E-state index in [1.54, 1.807) is 53.4 Å². The Bertz CT molecular complexity index is 1700. The molecule has 0 saturated carbocycles. The fourth-order valence-electron chi connectivity index (χ4n) is 4.43. The van der Waals surface area contributed by atoms with E-state index >= 15 is 0 Å². The Labute approximate surface area is 251 Å². The van der Waals surface area contributed by atoms with E-state index in [4.69, 9.17) is 10.9 Å². The van der Waals surface area contributed by atoms with Crippen LogP contribution in [0.5, 0.6) is 5.75 Å². The molecule has 0 unspecified atom stereocenters. The van der Waals surface area contributed by atoms with Crippen molar-refractivity contribution in [1.82, 2.24) is 10.2 Å². The standard InChI is InChI=1S/C33H34N4O5S/c34-18-19-36-33(40)29-6-2-5-28(22-29)27-4-1-3-26(21-27)23-37(32(39)16-11-24-7-12-30(38)13-8-24)20-17-25-9-14-31(15-10-25)43(35,41)42/h1-16,21-22,38H,17-20,23,34H2,(H,36,40)(H2,35,41,42)/b16-11+. The van der Waals surface area contributed by atoms with Gasteiger partial charge in [-0.2, -0.15) is 0 Å². The monoisotopic (exact) mass is 598 g/mol. The van der Waals surface area contributed by atoms with E-state index in [1.165, 1.54) is 18.2 Å². The molecular weight excluding hydrogens is 564 g/mol. The second-order valence-electron chi connectivity index (χ2n) is 9.95. The average molecular weight is 599 g/mol. The number of aromatic hydroxyl groups is 1. The molecule has 0 aliphatic rings. The molecule has 0 aromatic heterocycles. The van der Waals surface area contributed by atoms with Crippen molar-refractivity contribution in [1.29, 1.82) is 0 Å². The molecular formula is C33H34N4O5S. The number of hydrogen-bond donors (Lipinski definition) is 4. The maximum absolute atomic E-state index is 13.4.